The third-order valence-corrected chi connectivity index (χ3v) is 8.73. The minimum atomic E-state index is -0.378. The van der Waals surface area contributed by atoms with Crippen LogP contribution in [-0.4, -0.2) is 34.7 Å². The number of alkyl halides is 2. The number of rotatable bonds is 4. The fourth-order valence-electron chi connectivity index (χ4n) is 0.366. The average Bonchev–Trinajstić information content (AvgIpc) is 1.69. The van der Waals surface area contributed by atoms with Crippen LogP contribution in [0.3, 0.4) is 0 Å². The Morgan fingerprint density at radius 1 is 1.00 bits per heavy atom. The standard InChI is InChI=1S/2C2H4Cl.In.H/c2*1-2-3;;/h2*1-2H2;;. The summed E-state index contributed by atoms with van der Waals surface area (Å²) < 4.78 is 2.63. The molecule has 0 spiro atoms. The molecule has 0 radical (unpaired) electrons. The average molecular weight is 243 g/mol. The minimum absolute atomic E-state index is 0.378. The van der Waals surface area contributed by atoms with Crippen LogP contribution in [0.25, 0.3) is 0 Å². The Balaban J connectivity index is 2.45. The maximum atomic E-state index is 5.45. The second kappa shape index (κ2) is 7.45. The van der Waals surface area contributed by atoms with Crippen LogP contribution in [0.5, 0.6) is 0 Å². The van der Waals surface area contributed by atoms with Crippen LogP contribution in [0.1, 0.15) is 0 Å². The monoisotopic (exact) mass is 242 g/mol. The van der Waals surface area contributed by atoms with Gasteiger partial charge in [0, 0.05) is 0 Å². The summed E-state index contributed by atoms with van der Waals surface area (Å²) >= 11 is 10.5. The summed E-state index contributed by atoms with van der Waals surface area (Å²) in [7, 11) is 0. The van der Waals surface area contributed by atoms with Crippen molar-refractivity contribution in [2.45, 2.75) is 8.35 Å². The molecule has 0 aliphatic carbocycles. The third kappa shape index (κ3) is 7.45. The number of hydrogen-bond acceptors (Lipinski definition) is 0. The van der Waals surface area contributed by atoms with Crippen molar-refractivity contribution in [3.8, 4) is 0 Å². The van der Waals surface area contributed by atoms with Crippen molar-refractivity contribution in [1.82, 2.24) is 0 Å². The first kappa shape index (κ1) is 8.45. The van der Waals surface area contributed by atoms with Crippen LogP contribution in [0.4, 0.5) is 0 Å². The molecular formula is C4H9Cl2In. The zero-order chi connectivity index (χ0) is 5.54. The summed E-state index contributed by atoms with van der Waals surface area (Å²) in [5.41, 5.74) is 0. The van der Waals surface area contributed by atoms with E-state index in [0.717, 1.165) is 11.8 Å². The molecule has 0 saturated heterocycles. The first-order chi connectivity index (χ1) is 3.41. The van der Waals surface area contributed by atoms with Crippen LogP contribution in [0.2, 0.25) is 8.35 Å². The van der Waals surface area contributed by atoms with E-state index in [1.54, 1.807) is 0 Å². The van der Waals surface area contributed by atoms with E-state index in [0.29, 0.717) is 0 Å². The fraction of sp³-hybridized carbons (Fsp3) is 1.00. The van der Waals surface area contributed by atoms with E-state index in [2.05, 4.69) is 0 Å². The van der Waals surface area contributed by atoms with E-state index in [1.165, 1.54) is 8.35 Å². The first-order valence-corrected chi connectivity index (χ1v) is 9.31. The van der Waals surface area contributed by atoms with Crippen molar-refractivity contribution in [2.24, 2.45) is 0 Å². The van der Waals surface area contributed by atoms with Crippen LogP contribution >= 0.6 is 23.2 Å². The van der Waals surface area contributed by atoms with Gasteiger partial charge in [-0.15, -0.1) is 0 Å². The van der Waals surface area contributed by atoms with Crippen molar-refractivity contribution in [3.63, 3.8) is 0 Å². The molecule has 0 aromatic heterocycles. The third-order valence-electron chi connectivity index (χ3n) is 0.767. The molecule has 0 aliphatic heterocycles. The second-order valence-electron chi connectivity index (χ2n) is 1.44. The Kier molecular flexibility index (Phi) is 8.99. The van der Waals surface area contributed by atoms with E-state index in [9.17, 15) is 0 Å². The molecule has 0 unspecified atom stereocenters. The molecule has 0 aromatic rings. The van der Waals surface area contributed by atoms with Crippen molar-refractivity contribution >= 4 is 46.1 Å². The summed E-state index contributed by atoms with van der Waals surface area (Å²) in [6.45, 7) is 0. The van der Waals surface area contributed by atoms with E-state index in [1.807, 2.05) is 0 Å². The van der Waals surface area contributed by atoms with Gasteiger partial charge in [-0.2, -0.15) is 0 Å². The van der Waals surface area contributed by atoms with Crippen molar-refractivity contribution in [1.29, 1.82) is 0 Å². The Morgan fingerprint density at radius 2 is 1.43 bits per heavy atom. The number of hydrogen-bond donors (Lipinski definition) is 0. The summed E-state index contributed by atoms with van der Waals surface area (Å²) in [6, 6.07) is 0. The molecule has 42 valence electrons. The maximum absolute atomic E-state index is 5.45. The molecule has 0 heterocycles. The molecule has 0 nitrogen and oxygen atoms in total. The van der Waals surface area contributed by atoms with Gasteiger partial charge < -0.3 is 0 Å². The molecule has 0 N–H and O–H groups in total. The fourth-order valence-corrected chi connectivity index (χ4v) is 4.99. The van der Waals surface area contributed by atoms with Crippen LogP contribution < -0.4 is 0 Å². The molecule has 0 aliphatic rings. The second-order valence-corrected chi connectivity index (χ2v) is 8.25. The number of halogens is 2. The molecule has 3 heteroatoms. The first-order valence-electron chi connectivity index (χ1n) is 2.53. The Labute approximate surface area is 65.9 Å². The van der Waals surface area contributed by atoms with Gasteiger partial charge in [0.25, 0.3) is 0 Å². The predicted octanol–water partition coefficient (Wildman–Crippen LogP) is 1.74. The van der Waals surface area contributed by atoms with Gasteiger partial charge >= 0.3 is 66.2 Å². The van der Waals surface area contributed by atoms with Gasteiger partial charge in [0.1, 0.15) is 0 Å². The Hall–Kier alpha value is 1.45. The molecule has 7 heavy (non-hydrogen) atoms. The zero-order valence-corrected chi connectivity index (χ0v) is 9.84. The zero-order valence-electron chi connectivity index (χ0n) is 4.29. The summed E-state index contributed by atoms with van der Waals surface area (Å²) in [5, 5.41) is 0. The van der Waals surface area contributed by atoms with Crippen LogP contribution in [0, 0.1) is 0 Å². The SMILES string of the molecule is ClC[CH2][InH][CH2]CCl. The van der Waals surface area contributed by atoms with Gasteiger partial charge in [0.2, 0.25) is 0 Å². The van der Waals surface area contributed by atoms with Crippen molar-refractivity contribution < 1.29 is 0 Å². The normalized spacial score (nSPS) is 8.86. The van der Waals surface area contributed by atoms with Gasteiger partial charge in [-0.05, 0) is 0 Å². The van der Waals surface area contributed by atoms with E-state index in [-0.39, 0.29) is 22.9 Å². The van der Waals surface area contributed by atoms with E-state index in [4.69, 9.17) is 23.2 Å². The quantitative estimate of drug-likeness (QED) is 0.521. The summed E-state index contributed by atoms with van der Waals surface area (Å²) in [4.78, 5) is 0. The summed E-state index contributed by atoms with van der Waals surface area (Å²) in [5.74, 6) is 1.74. The van der Waals surface area contributed by atoms with Gasteiger partial charge in [-0.25, -0.2) is 0 Å². The molecule has 0 saturated carbocycles. The van der Waals surface area contributed by atoms with Crippen LogP contribution in [0.15, 0.2) is 0 Å². The van der Waals surface area contributed by atoms with Crippen LogP contribution in [-0.2, 0) is 0 Å². The summed E-state index contributed by atoms with van der Waals surface area (Å²) in [6.07, 6.45) is 0. The molecule has 0 aromatic carbocycles. The molecule has 0 rings (SSSR count). The van der Waals surface area contributed by atoms with Gasteiger partial charge in [0.15, 0.2) is 0 Å². The van der Waals surface area contributed by atoms with Gasteiger partial charge in [-0.3, -0.25) is 0 Å². The van der Waals surface area contributed by atoms with E-state index < -0.39 is 0 Å². The molecule has 0 bridgehead atoms. The predicted molar refractivity (Wildman–Crippen MR) is 38.2 cm³/mol. The molecular weight excluding hydrogens is 234 g/mol. The Morgan fingerprint density at radius 3 is 1.71 bits per heavy atom. The van der Waals surface area contributed by atoms with E-state index >= 15 is 0 Å². The molecule has 0 amide bonds. The topological polar surface area (TPSA) is 0 Å². The molecule has 0 fully saturated rings. The van der Waals surface area contributed by atoms with Crippen molar-refractivity contribution in [2.75, 3.05) is 11.8 Å². The van der Waals surface area contributed by atoms with Gasteiger partial charge in [0.05, 0.1) is 0 Å². The Bertz CT molecular complexity index is 28.9. The van der Waals surface area contributed by atoms with Crippen molar-refractivity contribution in [3.05, 3.63) is 0 Å². The van der Waals surface area contributed by atoms with Gasteiger partial charge in [-0.1, -0.05) is 0 Å². The molecule has 0 atom stereocenters.